The van der Waals surface area contributed by atoms with E-state index in [9.17, 15) is 24.0 Å². The second-order valence-corrected chi connectivity index (χ2v) is 27.2. The van der Waals surface area contributed by atoms with Crippen molar-refractivity contribution in [3.05, 3.63) is 297 Å². The number of thioether (sulfide) groups is 2. The molecule has 0 radical (unpaired) electrons. The Balaban J connectivity index is 0.00000209. The Kier molecular flexibility index (Phi) is 28.4. The van der Waals surface area contributed by atoms with Crippen molar-refractivity contribution < 1.29 is 185 Å². The van der Waals surface area contributed by atoms with E-state index in [1.165, 1.54) is 33.1 Å². The van der Waals surface area contributed by atoms with Gasteiger partial charge in [-0.15, -0.1) is 28.6 Å². The van der Waals surface area contributed by atoms with Crippen molar-refractivity contribution in [1.29, 1.82) is 0 Å². The third-order valence-corrected chi connectivity index (χ3v) is 20.5. The van der Waals surface area contributed by atoms with Crippen molar-refractivity contribution in [1.82, 2.24) is 30.0 Å². The zero-order valence-electron chi connectivity index (χ0n) is 59.5. The molecule has 0 bridgehead atoms. The number of hydrogen-bond acceptors (Lipinski definition) is 26. The Morgan fingerprint density at radius 3 is 1.57 bits per heavy atom. The summed E-state index contributed by atoms with van der Waals surface area (Å²) in [4.78, 5) is 141. The van der Waals surface area contributed by atoms with Gasteiger partial charge >= 0.3 is 139 Å². The molecule has 110 heavy (non-hydrogen) atoms. The number of aliphatic imine (C=N–C) groups is 1. The number of benzene rings is 8. The van der Waals surface area contributed by atoms with Gasteiger partial charge in [-0.1, -0.05) is 229 Å². The molecule has 13 rings (SSSR count). The average molecular weight is 1580 g/mol. The van der Waals surface area contributed by atoms with Crippen LogP contribution in [0.5, 0.6) is 23.3 Å². The van der Waals surface area contributed by atoms with Crippen LogP contribution in [0.25, 0.3) is 0 Å². The maximum Gasteiger partial charge on any atom is 1.00 e. The first-order valence-electron chi connectivity index (χ1n) is 33.0. The molecule has 3 aliphatic heterocycles. The number of nitrogens with two attached hydrogens (primary N) is 1. The summed E-state index contributed by atoms with van der Waals surface area (Å²) >= 11 is 3.44. The number of anilines is 1. The smallest absolute Gasteiger partial charge is 0.652 e. The van der Waals surface area contributed by atoms with Crippen LogP contribution in [-0.4, -0.2) is 113 Å². The van der Waals surface area contributed by atoms with Crippen molar-refractivity contribution in [2.24, 2.45) is 10.1 Å². The fraction of sp³-hybridized carbons (Fsp3) is 0.152. The molecule has 3 aliphatic rings. The average Bonchev–Trinajstić information content (AvgIpc) is 1.66. The van der Waals surface area contributed by atoms with Crippen LogP contribution in [-0.2, 0) is 48.6 Å². The van der Waals surface area contributed by atoms with Crippen molar-refractivity contribution in [3.8, 4) is 23.3 Å². The van der Waals surface area contributed by atoms with Crippen molar-refractivity contribution in [3.63, 3.8) is 0 Å². The number of nitrogens with zero attached hydrogens (tertiary/aromatic N) is 7. The number of β-lactam (4-membered cyclic amide) rings is 1. The second kappa shape index (κ2) is 37.7. The molecule has 1 unspecified atom stereocenters. The van der Waals surface area contributed by atoms with Gasteiger partial charge in [0.1, 0.15) is 44.1 Å². The van der Waals surface area contributed by atoms with Gasteiger partial charge in [0.2, 0.25) is 5.75 Å². The molecule has 3 N–H and O–H groups in total. The molecular formula is C79H61K2N9O17S3. The SMILES string of the molecule is CC(=O)Oc1cc(C(=O)ON=C(C(=O)N[C@@H]2C(=O)N3C(C(=O)OC(c4ccccc4)c4ccccc4)=C(CSC4C(=C=O)C(C)=Nc5nc(OC(c6ccccc6)c6ccccc6)nn54)CS[C@H]23)c2nc(C(c3ccccc3)(c3ccccc3)c3ccccc3)sc2N)cc(OC(C)=O)c1OC(C)=O.O=C([O-])[O-].[K+].[K+]. The Hall–Kier alpha value is -9.81. The summed E-state index contributed by atoms with van der Waals surface area (Å²) in [5.74, 6) is -6.14. The molecule has 10 aromatic rings. The van der Waals surface area contributed by atoms with Crippen LogP contribution in [0.2, 0.25) is 0 Å². The minimum atomic E-state index is -2.33. The van der Waals surface area contributed by atoms with Crippen LogP contribution in [0, 0.1) is 0 Å². The number of rotatable bonds is 23. The van der Waals surface area contributed by atoms with Gasteiger partial charge in [-0.2, -0.15) is 4.98 Å². The Bertz CT molecular complexity index is 5020. The number of carboxylic acid groups (broad SMARTS) is 2. The van der Waals surface area contributed by atoms with Crippen molar-refractivity contribution in [2.75, 3.05) is 17.2 Å². The fourth-order valence-electron chi connectivity index (χ4n) is 12.3. The van der Waals surface area contributed by atoms with E-state index in [2.05, 4.69) is 26.4 Å². The molecule has 0 aliphatic carbocycles. The van der Waals surface area contributed by atoms with Gasteiger partial charge in [-0.25, -0.2) is 29.0 Å². The van der Waals surface area contributed by atoms with Gasteiger partial charge in [0.05, 0.1) is 22.3 Å². The summed E-state index contributed by atoms with van der Waals surface area (Å²) in [6.07, 6.45) is -3.95. The van der Waals surface area contributed by atoms with Gasteiger partial charge in [0.25, 0.3) is 17.8 Å². The molecule has 0 spiro atoms. The molecule has 31 heteroatoms. The molecule has 3 atom stereocenters. The van der Waals surface area contributed by atoms with E-state index in [0.717, 1.165) is 72.1 Å². The topological polar surface area (TPSA) is 365 Å². The van der Waals surface area contributed by atoms with Crippen LogP contribution in [0.3, 0.4) is 0 Å². The number of oxime groups is 1. The summed E-state index contributed by atoms with van der Waals surface area (Å²) in [6.45, 7) is 4.77. The predicted molar refractivity (Wildman–Crippen MR) is 394 cm³/mol. The first-order chi connectivity index (χ1) is 52.2. The van der Waals surface area contributed by atoms with Crippen molar-refractivity contribution >= 4 is 111 Å². The van der Waals surface area contributed by atoms with Crippen LogP contribution in [0.15, 0.2) is 251 Å². The third-order valence-electron chi connectivity index (χ3n) is 16.9. The number of esters is 4. The van der Waals surface area contributed by atoms with Crippen molar-refractivity contribution in [2.45, 2.75) is 62.1 Å². The molecule has 1 fully saturated rings. The van der Waals surface area contributed by atoms with Gasteiger partial charge in [-0.05, 0) is 69.7 Å². The standard InChI is InChI=1S/C78H61N9O14S3.CH2O3.2K/c1-45-58(42-88)71(87-76(80-45)83-77(84-87)100-66(51-30-16-7-17-31-51)52-32-18-8-19-33-52)102-43-54-44-103-72-63(70(93)86(72)64(54)74(95)99-65(49-26-12-5-13-27-49)50-28-14-6-15-29-50)81-69(92)62(85-101-73(94)53-40-59(96-46(2)89)67(98-48(4)91)60(41-53)97-47(3)90)61-68(79)104-75(82-61)78(55-34-20-9-21-35-55,56-36-22-10-23-37-56)57-38-24-11-25-39-57;2-1(3)4;;/h5-41,63,65-66,71-72H,43-44,79H2,1-4H3,(H,81,92);(H2,2,3,4);;/q;;2*+1/p-2/t63-,71?,72-;;;/m1.../s1. The Morgan fingerprint density at radius 2 is 1.12 bits per heavy atom. The third kappa shape index (κ3) is 18.6. The minimum absolute atomic E-state index is 0. The first-order valence-corrected chi connectivity index (χ1v) is 35.9. The monoisotopic (exact) mass is 1580 g/mol. The number of carbonyl (C=O) groups is 8. The van der Waals surface area contributed by atoms with Gasteiger partial charge < -0.3 is 54.6 Å². The second-order valence-electron chi connectivity index (χ2n) is 24.0. The first kappa shape index (κ1) is 82.7. The Morgan fingerprint density at radius 1 is 0.664 bits per heavy atom. The quantitative estimate of drug-likeness (QED) is 0.0106. The zero-order chi connectivity index (χ0) is 76.2. The maximum absolute atomic E-state index is 15.6. The number of amides is 2. The number of hydrogen-bond donors (Lipinski definition) is 2. The molecule has 1 saturated heterocycles. The van der Waals surface area contributed by atoms with E-state index >= 15 is 14.4 Å². The normalized spacial score (nSPS) is 14.9. The minimum Gasteiger partial charge on any atom is -0.652 e. The summed E-state index contributed by atoms with van der Waals surface area (Å²) in [5.41, 5.74) is 10.3. The zero-order valence-corrected chi connectivity index (χ0v) is 68.2. The molecular weight excluding hydrogens is 1520 g/mol. The molecule has 26 nitrogen and oxygen atoms in total. The number of thiazole rings is 1. The predicted octanol–water partition coefficient (Wildman–Crippen LogP) is 3.55. The van der Waals surface area contributed by atoms with Crippen LogP contribution >= 0.6 is 34.9 Å². The van der Waals surface area contributed by atoms with E-state index in [4.69, 9.17) is 59.3 Å². The van der Waals surface area contributed by atoms with Crippen LogP contribution in [0.1, 0.15) is 105 Å². The molecule has 544 valence electrons. The summed E-state index contributed by atoms with van der Waals surface area (Å²) in [7, 11) is 0. The molecule has 5 heterocycles. The molecule has 2 amide bonds. The van der Waals surface area contributed by atoms with Gasteiger partial charge in [0.15, 0.2) is 29.4 Å². The number of carbonyl (C=O) groups excluding carboxylic acids is 9. The van der Waals surface area contributed by atoms with Crippen LogP contribution < -0.4 is 143 Å². The van der Waals surface area contributed by atoms with E-state index in [1.54, 1.807) is 6.92 Å². The fourth-order valence-corrected chi connectivity index (χ4v) is 16.1. The van der Waals surface area contributed by atoms with Gasteiger partial charge in [-0.3, -0.25) is 28.9 Å². The summed E-state index contributed by atoms with van der Waals surface area (Å²) in [5, 5.41) is 26.8. The van der Waals surface area contributed by atoms with E-state index in [1.807, 2.05) is 212 Å². The largest absolute Gasteiger partial charge is 1.00 e. The summed E-state index contributed by atoms with van der Waals surface area (Å²) < 4.78 is 30.5. The van der Waals surface area contributed by atoms with E-state index in [0.29, 0.717) is 27.4 Å². The van der Waals surface area contributed by atoms with Gasteiger partial charge in [0, 0.05) is 32.3 Å². The molecule has 2 aromatic heterocycles. The number of nitrogen functional groups attached to an aromatic ring is 1. The van der Waals surface area contributed by atoms with E-state index < -0.39 is 111 Å². The number of nitrogens with one attached hydrogen (secondary N) is 1. The van der Waals surface area contributed by atoms with E-state index in [-0.39, 0.29) is 148 Å². The number of ether oxygens (including phenoxy) is 5. The number of fused-ring (bicyclic) bond motifs is 2. The Labute approximate surface area is 726 Å². The summed E-state index contributed by atoms with van der Waals surface area (Å²) in [6, 6.07) is 66.2. The molecule has 8 aromatic carbocycles. The van der Waals surface area contributed by atoms with Crippen LogP contribution in [0.4, 0.5) is 15.7 Å². The number of aromatic nitrogens is 4. The molecule has 0 saturated carbocycles. The maximum atomic E-state index is 15.6.